The van der Waals surface area contributed by atoms with Gasteiger partial charge in [0.05, 0.1) is 6.04 Å². The minimum absolute atomic E-state index is 0.0262. The van der Waals surface area contributed by atoms with Crippen molar-refractivity contribution in [2.45, 2.75) is 38.8 Å². The van der Waals surface area contributed by atoms with Crippen molar-refractivity contribution in [1.82, 2.24) is 9.80 Å². The first-order chi connectivity index (χ1) is 7.43. The van der Waals surface area contributed by atoms with Gasteiger partial charge >= 0.3 is 0 Å². The predicted molar refractivity (Wildman–Crippen MR) is 61.7 cm³/mol. The first-order valence-electron chi connectivity index (χ1n) is 5.71. The monoisotopic (exact) mass is 227 g/mol. The molecule has 0 aromatic rings. The van der Waals surface area contributed by atoms with Gasteiger partial charge in [0.25, 0.3) is 0 Å². The third-order valence-corrected chi connectivity index (χ3v) is 3.14. The summed E-state index contributed by atoms with van der Waals surface area (Å²) in [5.41, 5.74) is 5.58. The number of carbonyl (C=O) groups excluding carboxylic acids is 2. The van der Waals surface area contributed by atoms with Crippen molar-refractivity contribution in [2.24, 2.45) is 5.73 Å². The van der Waals surface area contributed by atoms with Crippen LogP contribution in [-0.4, -0.2) is 53.8 Å². The van der Waals surface area contributed by atoms with E-state index in [-0.39, 0.29) is 17.9 Å². The molecule has 92 valence electrons. The highest BCUT2D eigenvalue weighted by Crippen LogP contribution is 2.15. The summed E-state index contributed by atoms with van der Waals surface area (Å²) >= 11 is 0. The first kappa shape index (κ1) is 13.0. The number of rotatable bonds is 2. The van der Waals surface area contributed by atoms with Crippen molar-refractivity contribution < 1.29 is 9.59 Å². The standard InChI is InChI=1S/C11H21N3O2/c1-8(12)11(16)14-6-4-5-10(7-14)13(3)9(2)15/h8,10H,4-7,12H2,1-3H3. The molecular formula is C11H21N3O2. The molecule has 0 radical (unpaired) electrons. The second kappa shape index (κ2) is 5.30. The normalized spacial score (nSPS) is 22.8. The van der Waals surface area contributed by atoms with Gasteiger partial charge in [0.15, 0.2) is 0 Å². The van der Waals surface area contributed by atoms with Crippen molar-refractivity contribution in [1.29, 1.82) is 0 Å². The number of likely N-dealkylation sites (tertiary alicyclic amines) is 1. The lowest BCUT2D eigenvalue weighted by atomic mass is 10.0. The van der Waals surface area contributed by atoms with Crippen LogP contribution in [0.25, 0.3) is 0 Å². The summed E-state index contributed by atoms with van der Waals surface area (Å²) in [4.78, 5) is 26.5. The average Bonchev–Trinajstić information content (AvgIpc) is 2.26. The lowest BCUT2D eigenvalue weighted by molar-refractivity contribution is -0.138. The Hall–Kier alpha value is -1.10. The molecule has 5 nitrogen and oxygen atoms in total. The molecule has 0 spiro atoms. The summed E-state index contributed by atoms with van der Waals surface area (Å²) in [6.07, 6.45) is 1.89. The van der Waals surface area contributed by atoms with Crippen LogP contribution in [0, 0.1) is 0 Å². The maximum Gasteiger partial charge on any atom is 0.239 e. The molecule has 5 heteroatoms. The second-order valence-corrected chi connectivity index (χ2v) is 4.50. The van der Waals surface area contributed by atoms with Crippen molar-refractivity contribution in [3.05, 3.63) is 0 Å². The first-order valence-corrected chi connectivity index (χ1v) is 5.71. The smallest absolute Gasteiger partial charge is 0.239 e. The van der Waals surface area contributed by atoms with Crippen molar-refractivity contribution in [2.75, 3.05) is 20.1 Å². The molecule has 0 saturated carbocycles. The Labute approximate surface area is 96.6 Å². The molecule has 2 N–H and O–H groups in total. The Morgan fingerprint density at radius 2 is 2.12 bits per heavy atom. The van der Waals surface area contributed by atoms with Crippen LogP contribution in [0.3, 0.4) is 0 Å². The molecule has 2 amide bonds. The second-order valence-electron chi connectivity index (χ2n) is 4.50. The molecule has 1 rings (SSSR count). The third kappa shape index (κ3) is 2.95. The van der Waals surface area contributed by atoms with Crippen molar-refractivity contribution in [3.8, 4) is 0 Å². The lowest BCUT2D eigenvalue weighted by Gasteiger charge is -2.37. The van der Waals surface area contributed by atoms with E-state index in [1.54, 1.807) is 30.7 Å². The lowest BCUT2D eigenvalue weighted by Crippen LogP contribution is -2.52. The van der Waals surface area contributed by atoms with Crippen molar-refractivity contribution in [3.63, 3.8) is 0 Å². The summed E-state index contributed by atoms with van der Waals surface area (Å²) in [7, 11) is 1.78. The van der Waals surface area contributed by atoms with E-state index in [4.69, 9.17) is 5.73 Å². The third-order valence-electron chi connectivity index (χ3n) is 3.14. The molecule has 0 aromatic carbocycles. The van der Waals surface area contributed by atoms with Crippen LogP contribution in [0.15, 0.2) is 0 Å². The van der Waals surface area contributed by atoms with Crippen LogP contribution in [-0.2, 0) is 9.59 Å². The zero-order valence-corrected chi connectivity index (χ0v) is 10.3. The Bertz CT molecular complexity index is 278. The highest BCUT2D eigenvalue weighted by atomic mass is 16.2. The molecule has 1 fully saturated rings. The van der Waals surface area contributed by atoms with Gasteiger partial charge < -0.3 is 15.5 Å². The number of amides is 2. The van der Waals surface area contributed by atoms with Gasteiger partial charge in [-0.05, 0) is 19.8 Å². The molecule has 16 heavy (non-hydrogen) atoms. The fraction of sp³-hybridized carbons (Fsp3) is 0.818. The number of carbonyl (C=O) groups is 2. The molecule has 1 heterocycles. The zero-order chi connectivity index (χ0) is 12.3. The molecular weight excluding hydrogens is 206 g/mol. The van der Waals surface area contributed by atoms with Crippen LogP contribution in [0.5, 0.6) is 0 Å². The Kier molecular flexibility index (Phi) is 4.29. The van der Waals surface area contributed by atoms with E-state index in [9.17, 15) is 9.59 Å². The highest BCUT2D eigenvalue weighted by Gasteiger charge is 2.28. The minimum atomic E-state index is -0.457. The molecule has 2 unspecified atom stereocenters. The summed E-state index contributed by atoms with van der Waals surface area (Å²) < 4.78 is 0. The van der Waals surface area contributed by atoms with E-state index in [1.807, 2.05) is 0 Å². The van der Waals surface area contributed by atoms with Gasteiger partial charge in [-0.1, -0.05) is 0 Å². The molecule has 0 bridgehead atoms. The van der Waals surface area contributed by atoms with Crippen LogP contribution in [0.2, 0.25) is 0 Å². The molecule has 0 aliphatic carbocycles. The van der Waals surface area contributed by atoms with E-state index in [2.05, 4.69) is 0 Å². The summed E-state index contributed by atoms with van der Waals surface area (Å²) in [5.74, 6) is 0.0155. The van der Waals surface area contributed by atoms with E-state index in [0.717, 1.165) is 19.4 Å². The van der Waals surface area contributed by atoms with Gasteiger partial charge in [-0.2, -0.15) is 0 Å². The number of nitrogens with zero attached hydrogens (tertiary/aromatic N) is 2. The fourth-order valence-corrected chi connectivity index (χ4v) is 2.02. The molecule has 0 aromatic heterocycles. The minimum Gasteiger partial charge on any atom is -0.341 e. The van der Waals surface area contributed by atoms with Crippen LogP contribution in [0.4, 0.5) is 0 Å². The van der Waals surface area contributed by atoms with Crippen molar-refractivity contribution >= 4 is 11.8 Å². The van der Waals surface area contributed by atoms with Crippen LogP contribution < -0.4 is 5.73 Å². The topological polar surface area (TPSA) is 66.6 Å². The number of likely N-dealkylation sites (N-methyl/N-ethyl adjacent to an activating group) is 1. The van der Waals surface area contributed by atoms with E-state index < -0.39 is 6.04 Å². The zero-order valence-electron chi connectivity index (χ0n) is 10.3. The number of nitrogens with two attached hydrogens (primary N) is 1. The van der Waals surface area contributed by atoms with Gasteiger partial charge in [-0.15, -0.1) is 0 Å². The number of hydrogen-bond acceptors (Lipinski definition) is 3. The molecule has 1 aliphatic rings. The largest absolute Gasteiger partial charge is 0.341 e. The Morgan fingerprint density at radius 3 is 2.62 bits per heavy atom. The summed E-state index contributed by atoms with van der Waals surface area (Å²) in [6.45, 7) is 4.60. The SMILES string of the molecule is CC(=O)N(C)C1CCCN(C(=O)C(C)N)C1. The summed E-state index contributed by atoms with van der Waals surface area (Å²) in [5, 5.41) is 0. The van der Waals surface area contributed by atoms with Gasteiger partial charge in [0.2, 0.25) is 11.8 Å². The Morgan fingerprint density at radius 1 is 1.50 bits per heavy atom. The Balaban J connectivity index is 2.60. The quantitative estimate of drug-likeness (QED) is 0.710. The number of hydrogen-bond donors (Lipinski definition) is 1. The van der Waals surface area contributed by atoms with Gasteiger partial charge in [-0.25, -0.2) is 0 Å². The van der Waals surface area contributed by atoms with Crippen LogP contribution >= 0.6 is 0 Å². The van der Waals surface area contributed by atoms with Gasteiger partial charge in [0.1, 0.15) is 0 Å². The van der Waals surface area contributed by atoms with E-state index in [1.165, 1.54) is 0 Å². The average molecular weight is 227 g/mol. The van der Waals surface area contributed by atoms with Crippen LogP contribution in [0.1, 0.15) is 26.7 Å². The van der Waals surface area contributed by atoms with Gasteiger partial charge in [0, 0.05) is 33.1 Å². The van der Waals surface area contributed by atoms with E-state index >= 15 is 0 Å². The number of piperidine rings is 1. The van der Waals surface area contributed by atoms with E-state index in [0.29, 0.717) is 6.54 Å². The highest BCUT2D eigenvalue weighted by molar-refractivity contribution is 5.81. The molecule has 1 saturated heterocycles. The predicted octanol–water partition coefficient (Wildman–Crippen LogP) is -0.197. The molecule has 2 atom stereocenters. The maximum absolute atomic E-state index is 11.7. The fourth-order valence-electron chi connectivity index (χ4n) is 2.02. The maximum atomic E-state index is 11.7. The van der Waals surface area contributed by atoms with Gasteiger partial charge in [-0.3, -0.25) is 9.59 Å². The summed E-state index contributed by atoms with van der Waals surface area (Å²) in [6, 6.07) is -0.324. The molecule has 1 aliphatic heterocycles.